The Labute approximate surface area is 119 Å². The summed E-state index contributed by atoms with van der Waals surface area (Å²) in [6.07, 6.45) is -23.8. The van der Waals surface area contributed by atoms with Crippen LogP contribution >= 0.6 is 0 Å². The average molecular weight is 400 g/mol. The summed E-state index contributed by atoms with van der Waals surface area (Å²) < 4.78 is 201. The van der Waals surface area contributed by atoms with E-state index in [0.717, 1.165) is 0 Å². The first kappa shape index (κ1) is 20.9. The van der Waals surface area contributed by atoms with Gasteiger partial charge in [0.15, 0.2) is 0 Å². The molecule has 0 nitrogen and oxygen atoms in total. The van der Waals surface area contributed by atoms with E-state index in [1.165, 1.54) is 0 Å². The second-order valence-electron chi connectivity index (χ2n) is 4.62. The molecule has 0 heterocycles. The summed E-state index contributed by atoms with van der Waals surface area (Å²) in [4.78, 5) is 0. The fraction of sp³-hybridized carbons (Fsp3) is 1.00. The van der Waals surface area contributed by atoms with Gasteiger partial charge in [-0.2, -0.15) is 65.9 Å². The molecule has 2 atom stereocenters. The third-order valence-electron chi connectivity index (χ3n) is 3.46. The lowest BCUT2D eigenvalue weighted by Crippen LogP contribution is -2.96. The lowest BCUT2D eigenvalue weighted by Gasteiger charge is -2.64. The van der Waals surface area contributed by atoms with Crippen LogP contribution in [0.4, 0.5) is 70.2 Å². The molecule has 0 spiro atoms. The summed E-state index contributed by atoms with van der Waals surface area (Å²) in [5.41, 5.74) is -16.1. The van der Waals surface area contributed by atoms with Crippen molar-refractivity contribution < 1.29 is 70.2 Å². The van der Waals surface area contributed by atoms with E-state index >= 15 is 0 Å². The molecule has 0 bridgehead atoms. The lowest BCUT2D eigenvalue weighted by atomic mass is 9.47. The fourth-order valence-corrected chi connectivity index (χ4v) is 2.41. The van der Waals surface area contributed by atoms with E-state index in [0.29, 0.717) is 0 Å². The van der Waals surface area contributed by atoms with Crippen LogP contribution in [0.2, 0.25) is 0 Å². The SMILES string of the molecule is FC(F)(F)C(F)(F)C1(C(F)(F)F)C(F)(F)C(F)(F)C1(F)C(F)(F)F. The number of hydrogen-bond donors (Lipinski definition) is 0. The Morgan fingerprint density at radius 1 is 0.458 bits per heavy atom. The first-order valence-corrected chi connectivity index (χ1v) is 5.02. The zero-order chi connectivity index (χ0) is 20.0. The molecular weight excluding hydrogens is 400 g/mol. The molecule has 0 aromatic carbocycles. The molecule has 1 rings (SSSR count). The van der Waals surface area contributed by atoms with Crippen molar-refractivity contribution in [3.8, 4) is 0 Å². The van der Waals surface area contributed by atoms with Crippen molar-refractivity contribution in [1.82, 2.24) is 0 Å². The zero-order valence-electron chi connectivity index (χ0n) is 10.0. The fourth-order valence-electron chi connectivity index (χ4n) is 2.41. The molecule has 1 aliphatic carbocycles. The van der Waals surface area contributed by atoms with Crippen LogP contribution in [0.15, 0.2) is 0 Å². The summed E-state index contributed by atoms with van der Waals surface area (Å²) in [7, 11) is 0. The molecule has 1 saturated carbocycles. The average Bonchev–Trinajstić information content (AvgIpc) is 2.22. The Hall–Kier alpha value is -1.12. The maximum atomic E-state index is 13.5. The number of rotatable bonds is 1. The number of alkyl halides is 16. The quantitative estimate of drug-likeness (QED) is 0.525. The number of halogens is 16. The molecule has 0 aliphatic heterocycles. The Morgan fingerprint density at radius 2 is 0.792 bits per heavy atom. The van der Waals surface area contributed by atoms with Crippen LogP contribution in [0.5, 0.6) is 0 Å². The van der Waals surface area contributed by atoms with Crippen molar-refractivity contribution in [2.75, 3.05) is 0 Å². The predicted octanol–water partition coefficient (Wildman–Crippen LogP) is 5.29. The van der Waals surface area contributed by atoms with Gasteiger partial charge in [-0.15, -0.1) is 0 Å². The second-order valence-corrected chi connectivity index (χ2v) is 4.62. The summed E-state index contributed by atoms with van der Waals surface area (Å²) in [5.74, 6) is -23.6. The maximum absolute atomic E-state index is 13.5. The molecule has 2 unspecified atom stereocenters. The predicted molar refractivity (Wildman–Crippen MR) is 39.3 cm³/mol. The minimum Gasteiger partial charge on any atom is -0.225 e. The van der Waals surface area contributed by atoms with E-state index in [2.05, 4.69) is 0 Å². The van der Waals surface area contributed by atoms with Gasteiger partial charge in [0, 0.05) is 0 Å². The lowest BCUT2D eigenvalue weighted by molar-refractivity contribution is -0.585. The highest BCUT2D eigenvalue weighted by Crippen LogP contribution is 2.84. The van der Waals surface area contributed by atoms with Crippen molar-refractivity contribution in [2.45, 2.75) is 42.0 Å². The van der Waals surface area contributed by atoms with Crippen molar-refractivity contribution in [2.24, 2.45) is 5.41 Å². The van der Waals surface area contributed by atoms with Crippen molar-refractivity contribution in [1.29, 1.82) is 0 Å². The second kappa shape index (κ2) is 4.34. The minimum atomic E-state index is -8.26. The summed E-state index contributed by atoms with van der Waals surface area (Å²) >= 11 is 0. The monoisotopic (exact) mass is 400 g/mol. The summed E-state index contributed by atoms with van der Waals surface area (Å²) in [6.45, 7) is 0. The van der Waals surface area contributed by atoms with Gasteiger partial charge >= 0.3 is 42.0 Å². The molecule has 0 amide bonds. The van der Waals surface area contributed by atoms with Crippen molar-refractivity contribution in [3.05, 3.63) is 0 Å². The summed E-state index contributed by atoms with van der Waals surface area (Å²) in [6, 6.07) is 0. The molecule has 0 aromatic heterocycles. The third-order valence-corrected chi connectivity index (χ3v) is 3.46. The van der Waals surface area contributed by atoms with E-state index < -0.39 is 47.4 Å². The van der Waals surface area contributed by atoms with Gasteiger partial charge in [-0.25, -0.2) is 4.39 Å². The van der Waals surface area contributed by atoms with Crippen LogP contribution in [0.3, 0.4) is 0 Å². The van der Waals surface area contributed by atoms with Crippen LogP contribution < -0.4 is 0 Å². The number of hydrogen-bond acceptors (Lipinski definition) is 0. The van der Waals surface area contributed by atoms with E-state index in [4.69, 9.17) is 0 Å². The highest BCUT2D eigenvalue weighted by Gasteiger charge is 3.15. The van der Waals surface area contributed by atoms with Crippen molar-refractivity contribution in [3.63, 3.8) is 0 Å². The molecule has 24 heavy (non-hydrogen) atoms. The molecule has 0 aromatic rings. The normalized spacial score (nSPS) is 34.0. The highest BCUT2D eigenvalue weighted by molar-refractivity contribution is 5.38. The third kappa shape index (κ3) is 1.64. The van der Waals surface area contributed by atoms with Crippen LogP contribution in [-0.4, -0.2) is 42.0 Å². The molecule has 0 N–H and O–H groups in total. The maximum Gasteiger partial charge on any atom is 0.454 e. The Kier molecular flexibility index (Phi) is 3.78. The molecule has 1 aliphatic rings. The Bertz CT molecular complexity index is 518. The molecule has 0 radical (unpaired) electrons. The molecule has 144 valence electrons. The van der Waals surface area contributed by atoms with Gasteiger partial charge in [0.2, 0.25) is 0 Å². The minimum absolute atomic E-state index is 7.55. The Balaban J connectivity index is 4.11. The van der Waals surface area contributed by atoms with Crippen LogP contribution in [0, 0.1) is 5.41 Å². The van der Waals surface area contributed by atoms with Crippen LogP contribution in [-0.2, 0) is 0 Å². The smallest absolute Gasteiger partial charge is 0.225 e. The van der Waals surface area contributed by atoms with Gasteiger partial charge in [0.25, 0.3) is 5.41 Å². The van der Waals surface area contributed by atoms with E-state index in [-0.39, 0.29) is 0 Å². The molecule has 0 saturated heterocycles. The standard InChI is InChI=1S/C8F16/c9-2(7(19,20)21)1(6(16,17)18,3(10,11)5(2,14)15)4(12,13)8(22,23)24. The first-order valence-electron chi connectivity index (χ1n) is 5.02. The largest absolute Gasteiger partial charge is 0.454 e. The highest BCUT2D eigenvalue weighted by atomic mass is 19.4. The topological polar surface area (TPSA) is 0 Å². The van der Waals surface area contributed by atoms with E-state index in [1.54, 1.807) is 0 Å². The Morgan fingerprint density at radius 3 is 1.00 bits per heavy atom. The first-order chi connectivity index (χ1) is 10.0. The van der Waals surface area contributed by atoms with Crippen LogP contribution in [0.1, 0.15) is 0 Å². The summed E-state index contributed by atoms with van der Waals surface area (Å²) in [5, 5.41) is 0. The van der Waals surface area contributed by atoms with Gasteiger partial charge in [-0.1, -0.05) is 0 Å². The van der Waals surface area contributed by atoms with Crippen LogP contribution in [0.25, 0.3) is 0 Å². The van der Waals surface area contributed by atoms with Crippen molar-refractivity contribution >= 4 is 0 Å². The van der Waals surface area contributed by atoms with E-state index in [1.807, 2.05) is 0 Å². The van der Waals surface area contributed by atoms with Gasteiger partial charge in [0.1, 0.15) is 0 Å². The molecule has 1 fully saturated rings. The van der Waals surface area contributed by atoms with Gasteiger partial charge in [0.05, 0.1) is 0 Å². The molecular formula is C8F16. The molecule has 16 heteroatoms. The van der Waals surface area contributed by atoms with Gasteiger partial charge in [-0.05, 0) is 0 Å². The van der Waals surface area contributed by atoms with E-state index in [9.17, 15) is 70.2 Å². The van der Waals surface area contributed by atoms with Gasteiger partial charge in [-0.3, -0.25) is 0 Å². The zero-order valence-corrected chi connectivity index (χ0v) is 10.0. The van der Waals surface area contributed by atoms with Gasteiger partial charge < -0.3 is 0 Å².